The molecule has 0 spiro atoms. The molecule has 4 heterocycles. The van der Waals surface area contributed by atoms with Gasteiger partial charge >= 0.3 is 0 Å². The normalized spacial score (nSPS) is 27.4. The van der Waals surface area contributed by atoms with Crippen LogP contribution in [-0.2, 0) is 20.1 Å². The zero-order chi connectivity index (χ0) is 18.2. The second-order valence-electron chi connectivity index (χ2n) is 8.66. The first kappa shape index (κ1) is 17.4. The van der Waals surface area contributed by atoms with Gasteiger partial charge in [-0.1, -0.05) is 24.4 Å². The lowest BCUT2D eigenvalue weighted by atomic mass is 9.87. The standard InChI is InChI=1S/C21H31N5O/c1-24-12-9-22-21(24)15-26-11-8-19-20(26)7-10-25(19)14-17-13-18(23-27-17)16-5-3-2-4-6-16/h9,12-13,16,19-20H,2-8,10-11,14-15H2,1H3/t19-,20-/m0/s1. The van der Waals surface area contributed by atoms with Gasteiger partial charge in [-0.3, -0.25) is 9.80 Å². The number of fused-ring (bicyclic) bond motifs is 1. The minimum Gasteiger partial charge on any atom is -0.360 e. The molecular weight excluding hydrogens is 338 g/mol. The number of nitrogens with zero attached hydrogens (tertiary/aromatic N) is 5. The van der Waals surface area contributed by atoms with E-state index in [-0.39, 0.29) is 0 Å². The van der Waals surface area contributed by atoms with E-state index in [2.05, 4.69) is 37.6 Å². The van der Waals surface area contributed by atoms with Crippen molar-refractivity contribution in [3.05, 3.63) is 35.7 Å². The average Bonchev–Trinajstić information content (AvgIpc) is 3.46. The van der Waals surface area contributed by atoms with Crippen LogP contribution in [-0.4, -0.2) is 49.7 Å². The minimum absolute atomic E-state index is 0.627. The lowest BCUT2D eigenvalue weighted by Crippen LogP contribution is -2.36. The topological polar surface area (TPSA) is 50.3 Å². The molecule has 6 heteroatoms. The van der Waals surface area contributed by atoms with Crippen molar-refractivity contribution in [2.24, 2.45) is 7.05 Å². The molecule has 0 radical (unpaired) electrons. The smallest absolute Gasteiger partial charge is 0.150 e. The quantitative estimate of drug-likeness (QED) is 0.809. The fraction of sp³-hybridized carbons (Fsp3) is 0.714. The molecule has 0 N–H and O–H groups in total. The van der Waals surface area contributed by atoms with Gasteiger partial charge in [0.15, 0.2) is 5.76 Å². The third-order valence-corrected chi connectivity index (χ3v) is 7.03. The first-order valence-corrected chi connectivity index (χ1v) is 10.7. The molecule has 2 aromatic heterocycles. The number of hydrogen-bond donors (Lipinski definition) is 0. The molecule has 0 unspecified atom stereocenters. The Morgan fingerprint density at radius 3 is 2.44 bits per heavy atom. The predicted octanol–water partition coefficient (Wildman–Crippen LogP) is 3.30. The van der Waals surface area contributed by atoms with Gasteiger partial charge in [0, 0.05) is 56.6 Å². The summed E-state index contributed by atoms with van der Waals surface area (Å²) in [6.45, 7) is 4.21. The third kappa shape index (κ3) is 3.45. The van der Waals surface area contributed by atoms with Crippen molar-refractivity contribution in [2.45, 2.75) is 76.0 Å². The van der Waals surface area contributed by atoms with Gasteiger partial charge in [-0.2, -0.15) is 0 Å². The molecule has 2 saturated heterocycles. The van der Waals surface area contributed by atoms with Gasteiger partial charge in [0.25, 0.3) is 0 Å². The van der Waals surface area contributed by atoms with E-state index in [0.29, 0.717) is 18.0 Å². The first-order valence-electron chi connectivity index (χ1n) is 10.7. The molecule has 3 aliphatic rings. The van der Waals surface area contributed by atoms with Gasteiger partial charge in [0.2, 0.25) is 0 Å². The number of rotatable bonds is 5. The Morgan fingerprint density at radius 1 is 1.00 bits per heavy atom. The summed E-state index contributed by atoms with van der Waals surface area (Å²) >= 11 is 0. The van der Waals surface area contributed by atoms with Gasteiger partial charge in [-0.15, -0.1) is 0 Å². The van der Waals surface area contributed by atoms with Crippen LogP contribution in [0.2, 0.25) is 0 Å². The molecule has 27 heavy (non-hydrogen) atoms. The van der Waals surface area contributed by atoms with Crippen molar-refractivity contribution < 1.29 is 4.52 Å². The maximum Gasteiger partial charge on any atom is 0.150 e. The molecule has 2 aliphatic heterocycles. The Bertz CT molecular complexity index is 762. The van der Waals surface area contributed by atoms with E-state index >= 15 is 0 Å². The zero-order valence-corrected chi connectivity index (χ0v) is 16.4. The fourth-order valence-corrected chi connectivity index (χ4v) is 5.48. The van der Waals surface area contributed by atoms with Crippen LogP contribution in [0.5, 0.6) is 0 Å². The number of hydrogen-bond acceptors (Lipinski definition) is 5. The van der Waals surface area contributed by atoms with E-state index in [1.165, 1.54) is 63.0 Å². The molecule has 0 aromatic carbocycles. The second-order valence-corrected chi connectivity index (χ2v) is 8.66. The van der Waals surface area contributed by atoms with Crippen LogP contribution < -0.4 is 0 Å². The fourth-order valence-electron chi connectivity index (χ4n) is 5.48. The average molecular weight is 370 g/mol. The highest BCUT2D eigenvalue weighted by Gasteiger charge is 2.42. The van der Waals surface area contributed by atoms with Gasteiger partial charge in [0.1, 0.15) is 5.82 Å². The highest BCUT2D eigenvalue weighted by molar-refractivity contribution is 5.12. The molecule has 0 amide bonds. The van der Waals surface area contributed by atoms with Crippen LogP contribution in [0.25, 0.3) is 0 Å². The summed E-state index contributed by atoms with van der Waals surface area (Å²) in [6, 6.07) is 3.54. The molecule has 5 rings (SSSR count). The van der Waals surface area contributed by atoms with Crippen LogP contribution in [0.1, 0.15) is 68.1 Å². The first-order chi connectivity index (χ1) is 13.3. The maximum absolute atomic E-state index is 5.74. The van der Waals surface area contributed by atoms with Crippen molar-refractivity contribution >= 4 is 0 Å². The summed E-state index contributed by atoms with van der Waals surface area (Å²) in [5.74, 6) is 2.85. The lowest BCUT2D eigenvalue weighted by Gasteiger charge is -2.24. The van der Waals surface area contributed by atoms with Crippen LogP contribution >= 0.6 is 0 Å². The lowest BCUT2D eigenvalue weighted by molar-refractivity contribution is 0.194. The van der Waals surface area contributed by atoms with Crippen LogP contribution in [0.15, 0.2) is 23.0 Å². The zero-order valence-electron chi connectivity index (χ0n) is 16.4. The summed E-state index contributed by atoms with van der Waals surface area (Å²) in [5.41, 5.74) is 1.20. The van der Waals surface area contributed by atoms with E-state index in [4.69, 9.17) is 4.52 Å². The summed E-state index contributed by atoms with van der Waals surface area (Å²) in [6.07, 6.45) is 13.1. The van der Waals surface area contributed by atoms with Gasteiger partial charge in [-0.25, -0.2) is 4.98 Å². The van der Waals surface area contributed by atoms with E-state index < -0.39 is 0 Å². The van der Waals surface area contributed by atoms with E-state index in [1.54, 1.807) is 0 Å². The Balaban J connectivity index is 1.21. The third-order valence-electron chi connectivity index (χ3n) is 7.03. The van der Waals surface area contributed by atoms with Crippen molar-refractivity contribution in [3.63, 3.8) is 0 Å². The van der Waals surface area contributed by atoms with Crippen molar-refractivity contribution in [2.75, 3.05) is 13.1 Å². The largest absolute Gasteiger partial charge is 0.360 e. The van der Waals surface area contributed by atoms with Crippen molar-refractivity contribution in [1.29, 1.82) is 0 Å². The van der Waals surface area contributed by atoms with E-state index in [1.807, 2.05) is 12.4 Å². The van der Waals surface area contributed by atoms with E-state index in [9.17, 15) is 0 Å². The molecule has 1 saturated carbocycles. The van der Waals surface area contributed by atoms with Crippen LogP contribution in [0.4, 0.5) is 0 Å². The van der Waals surface area contributed by atoms with Gasteiger partial charge in [-0.05, 0) is 25.7 Å². The molecular formula is C21H31N5O. The van der Waals surface area contributed by atoms with Gasteiger partial charge in [0.05, 0.1) is 18.8 Å². The number of imidazole rings is 1. The minimum atomic E-state index is 0.627. The highest BCUT2D eigenvalue weighted by atomic mass is 16.5. The van der Waals surface area contributed by atoms with Crippen molar-refractivity contribution in [3.8, 4) is 0 Å². The molecule has 1 aliphatic carbocycles. The molecule has 2 aromatic rings. The predicted molar refractivity (Wildman–Crippen MR) is 103 cm³/mol. The second kappa shape index (κ2) is 7.40. The monoisotopic (exact) mass is 369 g/mol. The number of likely N-dealkylation sites (tertiary alicyclic amines) is 2. The maximum atomic E-state index is 5.74. The molecule has 6 nitrogen and oxygen atoms in total. The van der Waals surface area contributed by atoms with Crippen LogP contribution in [0, 0.1) is 0 Å². The summed E-state index contributed by atoms with van der Waals surface area (Å²) < 4.78 is 7.88. The SMILES string of the molecule is Cn1ccnc1CN1CC[C@H]2[C@@H]1CCN2Cc1cc(C2CCCCC2)no1. The summed E-state index contributed by atoms with van der Waals surface area (Å²) in [5, 5.41) is 4.42. The summed E-state index contributed by atoms with van der Waals surface area (Å²) in [4.78, 5) is 9.76. The van der Waals surface area contributed by atoms with Gasteiger partial charge < -0.3 is 9.09 Å². The van der Waals surface area contributed by atoms with E-state index in [0.717, 1.165) is 25.4 Å². The van der Waals surface area contributed by atoms with Crippen molar-refractivity contribution in [1.82, 2.24) is 24.5 Å². The van der Waals surface area contributed by atoms with Crippen LogP contribution in [0.3, 0.4) is 0 Å². The summed E-state index contributed by atoms with van der Waals surface area (Å²) in [7, 11) is 2.09. The molecule has 146 valence electrons. The Hall–Kier alpha value is -1.66. The number of aromatic nitrogens is 3. The molecule has 3 fully saturated rings. The Morgan fingerprint density at radius 2 is 1.74 bits per heavy atom. The molecule has 0 bridgehead atoms. The Kier molecular flexibility index (Phi) is 4.78. The molecule has 2 atom stereocenters. The number of aryl methyl sites for hydroxylation is 1. The highest BCUT2D eigenvalue weighted by Crippen LogP contribution is 2.35. The Labute approximate surface area is 161 Å².